The van der Waals surface area contributed by atoms with Crippen molar-refractivity contribution < 1.29 is 22.8 Å². The van der Waals surface area contributed by atoms with Crippen molar-refractivity contribution in [3.63, 3.8) is 0 Å². The molecule has 0 bridgehead atoms. The highest BCUT2D eigenvalue weighted by atomic mass is 19.1. The predicted octanol–water partition coefficient (Wildman–Crippen LogP) is 5.23. The maximum Gasteiger partial charge on any atom is 0.328 e. The van der Waals surface area contributed by atoms with E-state index in [0.29, 0.717) is 47.1 Å². The van der Waals surface area contributed by atoms with Gasteiger partial charge in [-0.3, -0.25) is 4.79 Å². The molecule has 0 unspecified atom stereocenters. The molecule has 3 aromatic carbocycles. The van der Waals surface area contributed by atoms with Gasteiger partial charge >= 0.3 is 6.03 Å². The first-order valence-electron chi connectivity index (χ1n) is 13.7. The molecule has 4 aromatic rings. The molecule has 1 aromatic heterocycles. The third kappa shape index (κ3) is 5.48. The molecule has 0 saturated carbocycles. The Morgan fingerprint density at radius 2 is 1.63 bits per heavy atom. The first kappa shape index (κ1) is 28.2. The number of piperazine rings is 1. The number of nitrogens with one attached hydrogen (secondary N) is 2. The number of rotatable bonds is 5. The van der Waals surface area contributed by atoms with Gasteiger partial charge in [0.2, 0.25) is 5.95 Å². The number of benzene rings is 3. The Morgan fingerprint density at radius 3 is 2.33 bits per heavy atom. The van der Waals surface area contributed by atoms with Crippen LogP contribution >= 0.6 is 0 Å². The van der Waals surface area contributed by atoms with Gasteiger partial charge in [-0.1, -0.05) is 12.1 Å². The van der Waals surface area contributed by atoms with Crippen LogP contribution in [0.3, 0.4) is 0 Å². The summed E-state index contributed by atoms with van der Waals surface area (Å²) in [6, 6.07) is 13.2. The van der Waals surface area contributed by atoms with E-state index < -0.39 is 35.1 Å². The topological polar surface area (TPSA) is 93.7 Å². The number of hydrogen-bond acceptors (Lipinski definition) is 6. The van der Waals surface area contributed by atoms with Crippen molar-refractivity contribution in [2.24, 2.45) is 0 Å². The smallest absolute Gasteiger partial charge is 0.328 e. The fourth-order valence-corrected chi connectivity index (χ4v) is 5.18. The summed E-state index contributed by atoms with van der Waals surface area (Å²) in [7, 11) is 2.01. The number of amides is 3. The Balaban J connectivity index is 1.50. The van der Waals surface area contributed by atoms with Crippen LogP contribution in [0.2, 0.25) is 0 Å². The van der Waals surface area contributed by atoms with Crippen molar-refractivity contribution >= 4 is 35.1 Å². The van der Waals surface area contributed by atoms with Crippen LogP contribution in [0.4, 0.5) is 41.1 Å². The third-order valence-corrected chi connectivity index (χ3v) is 7.61. The van der Waals surface area contributed by atoms with Crippen LogP contribution in [0.25, 0.3) is 11.3 Å². The highest BCUT2D eigenvalue weighted by molar-refractivity contribution is 6.05. The zero-order valence-electron chi connectivity index (χ0n) is 23.5. The van der Waals surface area contributed by atoms with E-state index in [-0.39, 0.29) is 12.4 Å². The molecular formula is C31H28F3N7O2. The summed E-state index contributed by atoms with van der Waals surface area (Å²) in [6.07, 6.45) is 0. The summed E-state index contributed by atoms with van der Waals surface area (Å²) in [5.74, 6) is -2.30. The number of fused-ring (bicyclic) bond motifs is 1. The quantitative estimate of drug-likeness (QED) is 0.332. The average molecular weight is 588 g/mol. The number of hydrogen-bond donors (Lipinski definition) is 2. The Bertz CT molecular complexity index is 1700. The molecule has 0 spiro atoms. The van der Waals surface area contributed by atoms with Gasteiger partial charge in [0.25, 0.3) is 5.91 Å². The van der Waals surface area contributed by atoms with E-state index in [1.54, 1.807) is 18.2 Å². The van der Waals surface area contributed by atoms with E-state index >= 15 is 8.78 Å². The molecule has 0 radical (unpaired) electrons. The lowest BCUT2D eigenvalue weighted by Gasteiger charge is -2.35. The molecule has 2 aliphatic rings. The molecule has 43 heavy (non-hydrogen) atoms. The molecule has 6 rings (SSSR count). The van der Waals surface area contributed by atoms with E-state index in [2.05, 4.69) is 15.5 Å². The predicted molar refractivity (Wildman–Crippen MR) is 157 cm³/mol. The number of anilines is 4. The van der Waals surface area contributed by atoms with Crippen LogP contribution in [0.5, 0.6) is 0 Å². The second kappa shape index (κ2) is 11.4. The van der Waals surface area contributed by atoms with Gasteiger partial charge in [0.05, 0.1) is 12.2 Å². The Kier molecular flexibility index (Phi) is 7.45. The minimum Gasteiger partial charge on any atom is -0.338 e. The van der Waals surface area contributed by atoms with Crippen LogP contribution in [0.1, 0.15) is 21.5 Å². The van der Waals surface area contributed by atoms with Gasteiger partial charge in [0.1, 0.15) is 23.1 Å². The van der Waals surface area contributed by atoms with Crippen molar-refractivity contribution in [1.29, 1.82) is 0 Å². The number of urea groups is 1. The fourth-order valence-electron chi connectivity index (χ4n) is 5.18. The van der Waals surface area contributed by atoms with Crippen molar-refractivity contribution in [2.45, 2.75) is 13.5 Å². The lowest BCUT2D eigenvalue weighted by Crippen LogP contribution is -2.46. The van der Waals surface area contributed by atoms with Gasteiger partial charge in [-0.15, -0.1) is 0 Å². The molecule has 1 fully saturated rings. The van der Waals surface area contributed by atoms with Crippen LogP contribution in [-0.2, 0) is 6.54 Å². The largest absolute Gasteiger partial charge is 0.338 e. The van der Waals surface area contributed by atoms with Gasteiger partial charge < -0.3 is 20.4 Å². The number of carbonyl (C=O) groups is 2. The molecule has 1 saturated heterocycles. The molecule has 0 aliphatic carbocycles. The maximum atomic E-state index is 15.0. The minimum atomic E-state index is -0.917. The van der Waals surface area contributed by atoms with Crippen LogP contribution in [0, 0.1) is 24.4 Å². The van der Waals surface area contributed by atoms with Gasteiger partial charge in [-0.25, -0.2) is 27.8 Å². The van der Waals surface area contributed by atoms with Crippen LogP contribution in [0.15, 0.2) is 60.7 Å². The third-order valence-electron chi connectivity index (χ3n) is 7.61. The molecule has 2 aliphatic heterocycles. The lowest BCUT2D eigenvalue weighted by atomic mass is 9.97. The second-order valence-electron chi connectivity index (χ2n) is 10.5. The van der Waals surface area contributed by atoms with Gasteiger partial charge in [0.15, 0.2) is 5.82 Å². The fraction of sp³-hybridized carbons (Fsp3) is 0.226. The average Bonchev–Trinajstić information content (AvgIpc) is 2.99. The molecule has 3 amide bonds. The van der Waals surface area contributed by atoms with Crippen molar-refractivity contribution in [1.82, 2.24) is 20.2 Å². The molecule has 3 heterocycles. The number of aromatic nitrogens is 2. The van der Waals surface area contributed by atoms with Crippen molar-refractivity contribution in [3.8, 4) is 11.3 Å². The summed E-state index contributed by atoms with van der Waals surface area (Å²) in [4.78, 5) is 41.0. The summed E-state index contributed by atoms with van der Waals surface area (Å²) in [6.45, 7) is 4.57. The zero-order chi connectivity index (χ0) is 30.2. The van der Waals surface area contributed by atoms with Gasteiger partial charge in [-0.2, -0.15) is 4.98 Å². The summed E-state index contributed by atoms with van der Waals surface area (Å²) < 4.78 is 43.4. The lowest BCUT2D eigenvalue weighted by molar-refractivity contribution is 0.102. The van der Waals surface area contributed by atoms with Crippen molar-refractivity contribution in [2.75, 3.05) is 48.3 Å². The summed E-state index contributed by atoms with van der Waals surface area (Å²) in [5.41, 5.74) is 2.44. The molecular weight excluding hydrogens is 559 g/mol. The first-order valence-corrected chi connectivity index (χ1v) is 13.7. The van der Waals surface area contributed by atoms with E-state index in [9.17, 15) is 14.0 Å². The van der Waals surface area contributed by atoms with Gasteiger partial charge in [-0.05, 0) is 68.1 Å². The van der Waals surface area contributed by atoms with E-state index in [0.717, 1.165) is 35.7 Å². The summed E-state index contributed by atoms with van der Waals surface area (Å²) >= 11 is 0. The highest BCUT2D eigenvalue weighted by Crippen LogP contribution is 2.40. The normalized spacial score (nSPS) is 15.2. The Hall–Kier alpha value is -4.97. The summed E-state index contributed by atoms with van der Waals surface area (Å²) in [5, 5.41) is 5.45. The maximum absolute atomic E-state index is 15.0. The highest BCUT2D eigenvalue weighted by Gasteiger charge is 2.35. The monoisotopic (exact) mass is 587 g/mol. The van der Waals surface area contributed by atoms with Crippen molar-refractivity contribution in [3.05, 3.63) is 94.8 Å². The van der Waals surface area contributed by atoms with Gasteiger partial charge in [0, 0.05) is 48.6 Å². The number of aryl methyl sites for hydroxylation is 1. The molecule has 0 atom stereocenters. The molecule has 220 valence electrons. The number of para-hydroxylation sites is 1. The molecule has 9 nitrogen and oxygen atoms in total. The van der Waals surface area contributed by atoms with Crippen LogP contribution < -0.4 is 20.4 Å². The molecule has 12 heteroatoms. The molecule has 2 N–H and O–H groups in total. The Labute approximate surface area is 246 Å². The first-order chi connectivity index (χ1) is 20.7. The van der Waals surface area contributed by atoms with E-state index in [1.165, 1.54) is 30.3 Å². The second-order valence-corrected chi connectivity index (χ2v) is 10.5. The Morgan fingerprint density at radius 1 is 0.930 bits per heavy atom. The van der Waals surface area contributed by atoms with Crippen LogP contribution in [-0.4, -0.2) is 60.0 Å². The number of nitrogens with zero attached hydrogens (tertiary/aromatic N) is 5. The van der Waals surface area contributed by atoms with E-state index in [1.807, 2.05) is 18.9 Å². The number of likely N-dealkylation sites (N-methyl/N-ethyl adjacent to an activating group) is 1. The number of carbonyl (C=O) groups excluding carboxylic acids is 2. The SMILES string of the molecule is Cc1ccc(C(=O)Nc2ccc(F)cc2)cc1-c1nc(N2CCN(C)CC2)nc2c1CNC(=O)N2c1c(F)cccc1F. The standard InChI is InChI=1S/C31H28F3N7O2/c1-18-6-7-19(29(42)36-21-10-8-20(32)9-11-21)16-22(18)26-23-17-35-31(43)41(27-24(33)4-3-5-25(27)34)28(23)38-30(37-26)40-14-12-39(2)13-15-40/h3-11,16H,12-15,17H2,1-2H3,(H,35,43)(H,36,42). The minimum absolute atomic E-state index is 0.00450. The van der Waals surface area contributed by atoms with E-state index in [4.69, 9.17) is 9.97 Å². The number of halogens is 3. The zero-order valence-corrected chi connectivity index (χ0v) is 23.5.